The van der Waals surface area contributed by atoms with Gasteiger partial charge in [-0.3, -0.25) is 0 Å². The van der Waals surface area contributed by atoms with Crippen LogP contribution in [0.5, 0.6) is 0 Å². The first-order chi connectivity index (χ1) is 27.7. The predicted molar refractivity (Wildman–Crippen MR) is 237 cm³/mol. The average molecular weight is 714 g/mol. The van der Waals surface area contributed by atoms with E-state index in [4.69, 9.17) is 4.42 Å². The fraction of sp³-hybridized carbons (Fsp3) is 0. The molecule has 0 unspecified atom stereocenters. The summed E-state index contributed by atoms with van der Waals surface area (Å²) in [6.07, 6.45) is 0. The van der Waals surface area contributed by atoms with Gasteiger partial charge in [0.05, 0.1) is 0 Å². The van der Waals surface area contributed by atoms with Gasteiger partial charge in [0.15, 0.2) is 0 Å². The highest BCUT2D eigenvalue weighted by Gasteiger charge is 2.18. The van der Waals surface area contributed by atoms with Crippen LogP contribution in [0, 0.1) is 0 Å². The minimum atomic E-state index is 0.890. The average Bonchev–Trinajstić information content (AvgIpc) is 3.63. The molecule has 0 radical (unpaired) electrons. The maximum atomic E-state index is 6.52. The molecule has 0 fully saturated rings. The SMILES string of the molecule is c1ccc(-c2cc(N(c3ccccc3)c3ccc(-c4cc5ccccc5c5ccccc45)cc3)ccc2-c2ccc3c(c2)oc2cc4ccccc4cc23)cc1. The molecule has 11 aromatic rings. The van der Waals surface area contributed by atoms with Crippen molar-refractivity contribution in [2.24, 2.45) is 0 Å². The van der Waals surface area contributed by atoms with Gasteiger partial charge in [0, 0.05) is 27.8 Å². The van der Waals surface area contributed by atoms with Crippen LogP contribution in [0.15, 0.2) is 217 Å². The zero-order valence-corrected chi connectivity index (χ0v) is 30.6. The van der Waals surface area contributed by atoms with Crippen LogP contribution >= 0.6 is 0 Å². The summed E-state index contributed by atoms with van der Waals surface area (Å²) in [6, 6.07) is 76.5. The first kappa shape index (κ1) is 32.0. The molecule has 0 aliphatic heterocycles. The van der Waals surface area contributed by atoms with E-state index in [1.807, 2.05) is 0 Å². The van der Waals surface area contributed by atoms with Crippen molar-refractivity contribution in [3.63, 3.8) is 0 Å². The van der Waals surface area contributed by atoms with Gasteiger partial charge in [-0.2, -0.15) is 0 Å². The Morgan fingerprint density at radius 3 is 1.62 bits per heavy atom. The second-order valence-corrected chi connectivity index (χ2v) is 14.5. The lowest BCUT2D eigenvalue weighted by molar-refractivity contribution is 0.669. The molecule has 1 aromatic heterocycles. The van der Waals surface area contributed by atoms with E-state index in [1.54, 1.807) is 0 Å². The van der Waals surface area contributed by atoms with Gasteiger partial charge in [-0.25, -0.2) is 0 Å². The van der Waals surface area contributed by atoms with E-state index >= 15 is 0 Å². The van der Waals surface area contributed by atoms with Crippen molar-refractivity contribution in [1.29, 1.82) is 0 Å². The van der Waals surface area contributed by atoms with Crippen LogP contribution in [0.25, 0.3) is 87.6 Å². The van der Waals surface area contributed by atoms with Gasteiger partial charge in [0.25, 0.3) is 0 Å². The molecule has 0 N–H and O–H groups in total. The number of rotatable bonds is 6. The molecule has 0 aliphatic rings. The molecule has 262 valence electrons. The van der Waals surface area contributed by atoms with E-state index in [9.17, 15) is 0 Å². The summed E-state index contributed by atoms with van der Waals surface area (Å²) in [5.74, 6) is 0. The van der Waals surface area contributed by atoms with Gasteiger partial charge in [-0.15, -0.1) is 0 Å². The quantitative estimate of drug-likeness (QED) is 0.160. The number of hydrogen-bond donors (Lipinski definition) is 0. The third kappa shape index (κ3) is 5.42. The highest BCUT2D eigenvalue weighted by molar-refractivity contribution is 6.14. The van der Waals surface area contributed by atoms with Crippen molar-refractivity contribution in [1.82, 2.24) is 0 Å². The molecule has 0 aliphatic carbocycles. The largest absolute Gasteiger partial charge is 0.456 e. The predicted octanol–water partition coefficient (Wildman–Crippen LogP) is 15.5. The summed E-state index contributed by atoms with van der Waals surface area (Å²) in [5, 5.41) is 9.73. The molecule has 1 heterocycles. The third-order valence-corrected chi connectivity index (χ3v) is 11.2. The van der Waals surface area contributed by atoms with Crippen molar-refractivity contribution in [2.45, 2.75) is 0 Å². The molecule has 0 spiro atoms. The minimum Gasteiger partial charge on any atom is -0.456 e. The Morgan fingerprint density at radius 1 is 0.268 bits per heavy atom. The van der Waals surface area contributed by atoms with Crippen molar-refractivity contribution in [3.05, 3.63) is 212 Å². The van der Waals surface area contributed by atoms with Crippen LogP contribution in [0.2, 0.25) is 0 Å². The monoisotopic (exact) mass is 713 g/mol. The fourth-order valence-corrected chi connectivity index (χ4v) is 8.52. The second kappa shape index (κ2) is 13.2. The second-order valence-electron chi connectivity index (χ2n) is 14.5. The van der Waals surface area contributed by atoms with Crippen molar-refractivity contribution in [2.75, 3.05) is 4.90 Å². The van der Waals surface area contributed by atoms with Gasteiger partial charge < -0.3 is 9.32 Å². The lowest BCUT2D eigenvalue weighted by Crippen LogP contribution is -2.10. The molecule has 2 nitrogen and oxygen atoms in total. The Hall–Kier alpha value is -7.42. The van der Waals surface area contributed by atoms with Crippen LogP contribution in [0.1, 0.15) is 0 Å². The van der Waals surface area contributed by atoms with Crippen LogP contribution in [0.3, 0.4) is 0 Å². The first-order valence-electron chi connectivity index (χ1n) is 19.2. The summed E-state index contributed by atoms with van der Waals surface area (Å²) >= 11 is 0. The first-order valence-corrected chi connectivity index (χ1v) is 19.2. The van der Waals surface area contributed by atoms with E-state index in [-0.39, 0.29) is 0 Å². The molecular weight excluding hydrogens is 679 g/mol. The molecule has 0 saturated carbocycles. The summed E-state index contributed by atoms with van der Waals surface area (Å²) < 4.78 is 6.52. The van der Waals surface area contributed by atoms with E-state index < -0.39 is 0 Å². The normalized spacial score (nSPS) is 11.6. The minimum absolute atomic E-state index is 0.890. The molecule has 11 rings (SSSR count). The number of para-hydroxylation sites is 1. The van der Waals surface area contributed by atoms with E-state index in [0.29, 0.717) is 0 Å². The number of fused-ring (bicyclic) bond motifs is 7. The van der Waals surface area contributed by atoms with E-state index in [1.165, 1.54) is 43.4 Å². The molecule has 2 heteroatoms. The summed E-state index contributed by atoms with van der Waals surface area (Å²) in [6.45, 7) is 0. The summed E-state index contributed by atoms with van der Waals surface area (Å²) in [5.41, 5.74) is 12.1. The number of benzene rings is 10. The van der Waals surface area contributed by atoms with Crippen molar-refractivity contribution < 1.29 is 4.42 Å². The molecular formula is C54H35NO. The lowest BCUT2D eigenvalue weighted by atomic mass is 9.92. The number of furan rings is 1. The maximum Gasteiger partial charge on any atom is 0.136 e. The van der Waals surface area contributed by atoms with Gasteiger partial charge >= 0.3 is 0 Å². The number of hydrogen-bond acceptors (Lipinski definition) is 2. The Balaban J connectivity index is 1.04. The highest BCUT2D eigenvalue weighted by Crippen LogP contribution is 2.43. The maximum absolute atomic E-state index is 6.52. The molecule has 10 aromatic carbocycles. The molecule has 0 atom stereocenters. The Kier molecular flexibility index (Phi) is 7.53. The Morgan fingerprint density at radius 2 is 0.839 bits per heavy atom. The summed E-state index contributed by atoms with van der Waals surface area (Å²) in [4.78, 5) is 2.35. The van der Waals surface area contributed by atoms with Crippen LogP contribution in [0.4, 0.5) is 17.1 Å². The zero-order chi connectivity index (χ0) is 37.0. The van der Waals surface area contributed by atoms with Gasteiger partial charge in [0.1, 0.15) is 11.2 Å². The molecule has 56 heavy (non-hydrogen) atoms. The topological polar surface area (TPSA) is 16.4 Å². The highest BCUT2D eigenvalue weighted by atomic mass is 16.3. The van der Waals surface area contributed by atoms with Gasteiger partial charge in [-0.05, 0) is 132 Å². The van der Waals surface area contributed by atoms with Crippen molar-refractivity contribution >= 4 is 71.3 Å². The number of nitrogens with zero attached hydrogens (tertiary/aromatic N) is 1. The van der Waals surface area contributed by atoms with Crippen LogP contribution in [-0.4, -0.2) is 0 Å². The van der Waals surface area contributed by atoms with E-state index in [0.717, 1.165) is 61.3 Å². The number of anilines is 3. The van der Waals surface area contributed by atoms with E-state index in [2.05, 4.69) is 217 Å². The zero-order valence-electron chi connectivity index (χ0n) is 30.6. The Labute approximate surface area is 325 Å². The molecule has 0 amide bonds. The molecule has 0 saturated heterocycles. The molecule has 0 bridgehead atoms. The van der Waals surface area contributed by atoms with Crippen LogP contribution in [-0.2, 0) is 0 Å². The fourth-order valence-electron chi connectivity index (χ4n) is 8.52. The standard InChI is InChI=1S/C54H35NO/c1-3-13-36(14-4-1)51-35-44(28-30-46(51)41-25-29-49-52-31-38-15-7-8-16-39(38)33-54(52)56-53(49)34-41)55(42-18-5-2-6-19-42)43-26-23-37(24-27-43)50-32-40-17-9-10-20-45(40)47-21-11-12-22-48(47)50/h1-35H. The van der Waals surface area contributed by atoms with Crippen molar-refractivity contribution in [3.8, 4) is 33.4 Å². The van der Waals surface area contributed by atoms with Gasteiger partial charge in [0.2, 0.25) is 0 Å². The lowest BCUT2D eigenvalue weighted by Gasteiger charge is -2.27. The van der Waals surface area contributed by atoms with Crippen LogP contribution < -0.4 is 4.90 Å². The summed E-state index contributed by atoms with van der Waals surface area (Å²) in [7, 11) is 0. The Bertz CT molecular complexity index is 3230. The van der Waals surface area contributed by atoms with Gasteiger partial charge in [-0.1, -0.05) is 146 Å². The smallest absolute Gasteiger partial charge is 0.136 e. The third-order valence-electron chi connectivity index (χ3n) is 11.2.